The Labute approximate surface area is 137 Å². The van der Waals surface area contributed by atoms with Crippen molar-refractivity contribution in [3.8, 4) is 0 Å². The monoisotopic (exact) mass is 356 g/mol. The Morgan fingerprint density at radius 3 is 2.00 bits per heavy atom. The molecule has 142 valence electrons. The lowest BCUT2D eigenvalue weighted by atomic mass is 9.98. The third-order valence-corrected chi connectivity index (χ3v) is 3.99. The molecule has 0 saturated carbocycles. The zero-order chi connectivity index (χ0) is 18.0. The van der Waals surface area contributed by atoms with E-state index in [4.69, 9.17) is 18.9 Å². The molecule has 0 spiro atoms. The molecule has 10 atom stereocenters. The molecule has 7 N–H and O–H groups in total. The van der Waals surface area contributed by atoms with Crippen LogP contribution in [0.2, 0.25) is 0 Å². The van der Waals surface area contributed by atoms with E-state index in [1.165, 1.54) is 0 Å². The third-order valence-electron chi connectivity index (χ3n) is 3.99. The van der Waals surface area contributed by atoms with E-state index in [1.807, 2.05) is 0 Å². The summed E-state index contributed by atoms with van der Waals surface area (Å²) in [5, 5.41) is 68.0. The highest BCUT2D eigenvalue weighted by Gasteiger charge is 2.50. The quantitative estimate of drug-likeness (QED) is 0.253. The van der Waals surface area contributed by atoms with Crippen LogP contribution in [0.4, 0.5) is 0 Å². The van der Waals surface area contributed by atoms with Crippen molar-refractivity contribution in [1.29, 1.82) is 0 Å². The van der Waals surface area contributed by atoms with Crippen LogP contribution in [0.25, 0.3) is 0 Å². The van der Waals surface area contributed by atoms with E-state index in [9.17, 15) is 35.7 Å². The first kappa shape index (κ1) is 19.9. The van der Waals surface area contributed by atoms with E-state index < -0.39 is 68.2 Å². The van der Waals surface area contributed by atoms with Gasteiger partial charge in [0.2, 0.25) is 0 Å². The van der Waals surface area contributed by atoms with Crippen molar-refractivity contribution in [3.63, 3.8) is 0 Å². The van der Waals surface area contributed by atoms with Crippen molar-refractivity contribution in [2.24, 2.45) is 0 Å². The molecule has 2 fully saturated rings. The van der Waals surface area contributed by atoms with E-state index in [0.29, 0.717) is 0 Å². The Morgan fingerprint density at radius 2 is 1.42 bits per heavy atom. The molecule has 0 radical (unpaired) electrons. The van der Waals surface area contributed by atoms with Gasteiger partial charge in [0.25, 0.3) is 0 Å². The molecule has 2 rings (SSSR count). The van der Waals surface area contributed by atoms with Crippen molar-refractivity contribution in [2.45, 2.75) is 68.5 Å². The van der Waals surface area contributed by atoms with Gasteiger partial charge < -0.3 is 54.7 Å². The summed E-state index contributed by atoms with van der Waals surface area (Å²) in [4.78, 5) is 0. The van der Waals surface area contributed by atoms with Crippen LogP contribution in [-0.4, -0.2) is 111 Å². The van der Waals surface area contributed by atoms with Crippen LogP contribution < -0.4 is 0 Å². The first-order chi connectivity index (χ1) is 11.3. The molecule has 11 heteroatoms. The van der Waals surface area contributed by atoms with Gasteiger partial charge in [0, 0.05) is 6.61 Å². The summed E-state index contributed by atoms with van der Waals surface area (Å²) in [5.41, 5.74) is 0. The summed E-state index contributed by atoms with van der Waals surface area (Å²) in [6, 6.07) is 0. The maximum Gasteiger partial charge on any atom is 0.189 e. The minimum Gasteiger partial charge on any atom is -0.394 e. The highest BCUT2D eigenvalue weighted by molar-refractivity contribution is 4.92. The predicted octanol–water partition coefficient (Wildman–Crippen LogP) is -4.40. The molecule has 10 unspecified atom stereocenters. The lowest BCUT2D eigenvalue weighted by Crippen LogP contribution is -2.64. The van der Waals surface area contributed by atoms with Crippen LogP contribution in [-0.2, 0) is 18.9 Å². The van der Waals surface area contributed by atoms with Crippen LogP contribution in [0.3, 0.4) is 0 Å². The van der Waals surface area contributed by atoms with Gasteiger partial charge in [-0.05, 0) is 6.92 Å². The zero-order valence-corrected chi connectivity index (χ0v) is 13.0. The fourth-order valence-electron chi connectivity index (χ4n) is 2.62. The van der Waals surface area contributed by atoms with E-state index in [1.54, 1.807) is 6.92 Å². The lowest BCUT2D eigenvalue weighted by molar-refractivity contribution is -0.377. The first-order valence-electron chi connectivity index (χ1n) is 7.59. The number of rotatable bonds is 5. The van der Waals surface area contributed by atoms with Crippen molar-refractivity contribution in [3.05, 3.63) is 0 Å². The maximum absolute atomic E-state index is 10.2. The maximum atomic E-state index is 10.2. The molecule has 0 aromatic rings. The van der Waals surface area contributed by atoms with Gasteiger partial charge in [0.05, 0.1) is 6.61 Å². The second-order valence-electron chi connectivity index (χ2n) is 5.63. The second-order valence-corrected chi connectivity index (χ2v) is 5.63. The van der Waals surface area contributed by atoms with Gasteiger partial charge in [-0.2, -0.15) is 0 Å². The van der Waals surface area contributed by atoms with Gasteiger partial charge in [-0.25, -0.2) is 0 Å². The van der Waals surface area contributed by atoms with Crippen LogP contribution in [0, 0.1) is 0 Å². The van der Waals surface area contributed by atoms with E-state index in [0.717, 1.165) is 0 Å². The topological polar surface area (TPSA) is 179 Å². The summed E-state index contributed by atoms with van der Waals surface area (Å²) in [6.07, 6.45) is -15.4. The summed E-state index contributed by atoms with van der Waals surface area (Å²) < 4.78 is 20.6. The molecular weight excluding hydrogens is 332 g/mol. The van der Waals surface area contributed by atoms with Crippen LogP contribution in [0.15, 0.2) is 0 Å². The number of hydrogen-bond donors (Lipinski definition) is 7. The Morgan fingerprint density at radius 1 is 0.792 bits per heavy atom. The fourth-order valence-corrected chi connectivity index (χ4v) is 2.62. The minimum absolute atomic E-state index is 0.193. The fraction of sp³-hybridized carbons (Fsp3) is 1.00. The highest BCUT2D eigenvalue weighted by Crippen LogP contribution is 2.28. The largest absolute Gasteiger partial charge is 0.394 e. The molecule has 2 aliphatic rings. The van der Waals surface area contributed by atoms with Gasteiger partial charge in [0.15, 0.2) is 18.9 Å². The standard InChI is InChI=1S/C13H24O11/c1-2-21-12-9(19)6(16)10(4(3-14)22-12)23-13-8(18)5(15)7(17)11(20)24-13/h4-20H,2-3H2,1H3. The highest BCUT2D eigenvalue weighted by atomic mass is 16.8. The Hall–Kier alpha value is -0.440. The SMILES string of the molecule is CCOC1OC(CO)C(OC2OC(O)C(O)C(O)C2O)C(O)C1O. The molecule has 0 aromatic heterocycles. The van der Waals surface area contributed by atoms with Gasteiger partial charge >= 0.3 is 0 Å². The molecule has 2 heterocycles. The lowest BCUT2D eigenvalue weighted by Gasteiger charge is -2.45. The molecule has 2 saturated heterocycles. The van der Waals surface area contributed by atoms with Gasteiger partial charge in [0.1, 0.15) is 42.7 Å². The van der Waals surface area contributed by atoms with Crippen molar-refractivity contribution < 1.29 is 54.7 Å². The molecule has 11 nitrogen and oxygen atoms in total. The molecule has 0 amide bonds. The van der Waals surface area contributed by atoms with E-state index in [2.05, 4.69) is 0 Å². The normalized spacial score (nSPS) is 50.0. The molecular formula is C13H24O11. The summed E-state index contributed by atoms with van der Waals surface area (Å²) in [5.74, 6) is 0. The third kappa shape index (κ3) is 3.86. The minimum atomic E-state index is -1.83. The molecule has 0 aliphatic carbocycles. The van der Waals surface area contributed by atoms with E-state index in [-0.39, 0.29) is 6.61 Å². The number of ether oxygens (including phenoxy) is 4. The average molecular weight is 356 g/mol. The van der Waals surface area contributed by atoms with Crippen molar-refractivity contribution in [2.75, 3.05) is 13.2 Å². The van der Waals surface area contributed by atoms with Crippen molar-refractivity contribution >= 4 is 0 Å². The molecule has 0 bridgehead atoms. The Bertz CT molecular complexity index is 394. The van der Waals surface area contributed by atoms with Gasteiger partial charge in [-0.1, -0.05) is 0 Å². The zero-order valence-electron chi connectivity index (χ0n) is 13.0. The summed E-state index contributed by atoms with van der Waals surface area (Å²) in [7, 11) is 0. The number of hydrogen-bond acceptors (Lipinski definition) is 11. The smallest absolute Gasteiger partial charge is 0.189 e. The molecule has 0 aromatic carbocycles. The number of aliphatic hydroxyl groups excluding tert-OH is 7. The first-order valence-corrected chi connectivity index (χ1v) is 7.59. The van der Waals surface area contributed by atoms with Crippen LogP contribution in [0.1, 0.15) is 6.92 Å². The van der Waals surface area contributed by atoms with Gasteiger partial charge in [-0.3, -0.25) is 0 Å². The predicted molar refractivity (Wildman–Crippen MR) is 73.2 cm³/mol. The summed E-state index contributed by atoms with van der Waals surface area (Å²) >= 11 is 0. The van der Waals surface area contributed by atoms with Gasteiger partial charge in [-0.15, -0.1) is 0 Å². The Balaban J connectivity index is 2.09. The Kier molecular flexibility index (Phi) is 6.87. The molecule has 2 aliphatic heterocycles. The van der Waals surface area contributed by atoms with Crippen molar-refractivity contribution in [1.82, 2.24) is 0 Å². The van der Waals surface area contributed by atoms with Crippen LogP contribution >= 0.6 is 0 Å². The summed E-state index contributed by atoms with van der Waals surface area (Å²) in [6.45, 7) is 1.24. The second kappa shape index (κ2) is 8.29. The van der Waals surface area contributed by atoms with E-state index >= 15 is 0 Å². The average Bonchev–Trinajstić information content (AvgIpc) is 2.57. The molecule has 24 heavy (non-hydrogen) atoms. The number of aliphatic hydroxyl groups is 7. The van der Waals surface area contributed by atoms with Crippen LogP contribution in [0.5, 0.6) is 0 Å².